The Morgan fingerprint density at radius 1 is 1.20 bits per heavy atom. The van der Waals surface area contributed by atoms with Crippen molar-refractivity contribution in [3.05, 3.63) is 0 Å². The predicted octanol–water partition coefficient (Wildman–Crippen LogP) is 2.24. The zero-order valence-electron chi connectivity index (χ0n) is 9.62. The normalized spacial score (nSPS) is 34.0. The van der Waals surface area contributed by atoms with Gasteiger partial charge in [0.05, 0.1) is 12.7 Å². The van der Waals surface area contributed by atoms with Gasteiger partial charge in [-0.05, 0) is 31.6 Å². The number of hydrogen-bond acceptors (Lipinski definition) is 2. The molecule has 0 spiro atoms. The highest BCUT2D eigenvalue weighted by Gasteiger charge is 2.34. The minimum atomic E-state index is -0.350. The van der Waals surface area contributed by atoms with Crippen LogP contribution in [0.25, 0.3) is 0 Å². The fourth-order valence-electron chi connectivity index (χ4n) is 2.69. The topological polar surface area (TPSA) is 12.5 Å². The average molecular weight is 215 g/mol. The lowest BCUT2D eigenvalue weighted by atomic mass is 9.85. The van der Waals surface area contributed by atoms with Gasteiger partial charge in [0, 0.05) is 19.1 Å². The first-order valence-corrected chi connectivity index (χ1v) is 6.21. The number of alkyl halides is 1. The molecule has 1 heterocycles. The number of ether oxygens (including phenoxy) is 1. The van der Waals surface area contributed by atoms with Gasteiger partial charge in [0.2, 0.25) is 0 Å². The Hall–Kier alpha value is -0.150. The van der Waals surface area contributed by atoms with Gasteiger partial charge in [-0.25, -0.2) is 4.39 Å². The summed E-state index contributed by atoms with van der Waals surface area (Å²) in [5.41, 5.74) is 0. The number of halogens is 1. The first kappa shape index (κ1) is 11.3. The molecule has 1 aliphatic heterocycles. The van der Waals surface area contributed by atoms with E-state index in [0.717, 1.165) is 25.0 Å². The molecule has 0 atom stereocenters. The van der Waals surface area contributed by atoms with Gasteiger partial charge in [-0.15, -0.1) is 0 Å². The van der Waals surface area contributed by atoms with Gasteiger partial charge in [-0.3, -0.25) is 4.90 Å². The quantitative estimate of drug-likeness (QED) is 0.713. The summed E-state index contributed by atoms with van der Waals surface area (Å²) in [6.07, 6.45) is 5.74. The van der Waals surface area contributed by atoms with Crippen LogP contribution in [0.15, 0.2) is 0 Å². The fraction of sp³-hybridized carbons (Fsp3) is 1.00. The first-order chi connectivity index (χ1) is 7.29. The van der Waals surface area contributed by atoms with Crippen LogP contribution in [0.1, 0.15) is 32.6 Å². The molecule has 1 saturated heterocycles. The molecule has 0 radical (unpaired) electrons. The Bertz CT molecular complexity index is 186. The van der Waals surface area contributed by atoms with Gasteiger partial charge in [0.1, 0.15) is 6.67 Å². The average Bonchev–Trinajstić information content (AvgIpc) is 2.18. The lowest BCUT2D eigenvalue weighted by Gasteiger charge is -2.46. The summed E-state index contributed by atoms with van der Waals surface area (Å²) in [6, 6.07) is 0.784. The molecular weight excluding hydrogens is 193 g/mol. The monoisotopic (exact) mass is 215 g/mol. The van der Waals surface area contributed by atoms with E-state index >= 15 is 0 Å². The Morgan fingerprint density at radius 2 is 1.87 bits per heavy atom. The van der Waals surface area contributed by atoms with E-state index in [-0.39, 0.29) is 13.3 Å². The van der Waals surface area contributed by atoms with E-state index in [2.05, 4.69) is 11.8 Å². The molecule has 2 rings (SSSR count). The highest BCUT2D eigenvalue weighted by Crippen LogP contribution is 2.30. The molecule has 0 N–H and O–H groups in total. The van der Waals surface area contributed by atoms with Crippen molar-refractivity contribution in [1.82, 2.24) is 4.90 Å². The molecule has 0 amide bonds. The van der Waals surface area contributed by atoms with Crippen LogP contribution in [0.3, 0.4) is 0 Å². The number of likely N-dealkylation sites (tertiary alicyclic amines) is 1. The summed E-state index contributed by atoms with van der Waals surface area (Å²) < 4.78 is 17.2. The van der Waals surface area contributed by atoms with Crippen molar-refractivity contribution in [2.75, 3.05) is 26.4 Å². The largest absolute Gasteiger partial charge is 0.373 e. The van der Waals surface area contributed by atoms with Gasteiger partial charge in [-0.2, -0.15) is 0 Å². The van der Waals surface area contributed by atoms with Crippen LogP contribution in [0.5, 0.6) is 0 Å². The van der Waals surface area contributed by atoms with E-state index in [9.17, 15) is 4.39 Å². The molecule has 0 bridgehead atoms. The highest BCUT2D eigenvalue weighted by molar-refractivity contribution is 4.88. The van der Waals surface area contributed by atoms with Crippen molar-refractivity contribution in [2.24, 2.45) is 5.92 Å². The third-order valence-corrected chi connectivity index (χ3v) is 3.81. The summed E-state index contributed by atoms with van der Waals surface area (Å²) in [5, 5.41) is 0. The Kier molecular flexibility index (Phi) is 3.98. The van der Waals surface area contributed by atoms with Crippen molar-refractivity contribution < 1.29 is 9.13 Å². The van der Waals surface area contributed by atoms with Crippen LogP contribution < -0.4 is 0 Å². The second-order valence-electron chi connectivity index (χ2n) is 5.05. The number of rotatable bonds is 4. The van der Waals surface area contributed by atoms with Crippen molar-refractivity contribution >= 4 is 0 Å². The molecule has 3 heteroatoms. The van der Waals surface area contributed by atoms with E-state index in [1.54, 1.807) is 0 Å². The fourth-order valence-corrected chi connectivity index (χ4v) is 2.69. The first-order valence-electron chi connectivity index (χ1n) is 6.21. The molecule has 2 aliphatic rings. The van der Waals surface area contributed by atoms with Gasteiger partial charge < -0.3 is 4.74 Å². The van der Waals surface area contributed by atoms with E-state index in [1.165, 1.54) is 25.7 Å². The Balaban J connectivity index is 1.62. The summed E-state index contributed by atoms with van der Waals surface area (Å²) in [4.78, 5) is 2.51. The minimum Gasteiger partial charge on any atom is -0.373 e. The number of hydrogen-bond donors (Lipinski definition) is 0. The van der Waals surface area contributed by atoms with Crippen LogP contribution in [-0.2, 0) is 4.74 Å². The summed E-state index contributed by atoms with van der Waals surface area (Å²) in [7, 11) is 0. The zero-order chi connectivity index (χ0) is 10.7. The molecule has 0 aromatic heterocycles. The van der Waals surface area contributed by atoms with Crippen molar-refractivity contribution in [3.63, 3.8) is 0 Å². The lowest BCUT2D eigenvalue weighted by molar-refractivity contribution is -0.0809. The second kappa shape index (κ2) is 5.26. The molecule has 2 fully saturated rings. The van der Waals surface area contributed by atoms with E-state index in [4.69, 9.17) is 4.74 Å². The molecule has 0 unspecified atom stereocenters. The molecule has 0 aromatic carbocycles. The maximum absolute atomic E-state index is 11.9. The third-order valence-electron chi connectivity index (χ3n) is 3.81. The smallest absolute Gasteiger partial charge is 0.113 e. The predicted molar refractivity (Wildman–Crippen MR) is 58.7 cm³/mol. The van der Waals surface area contributed by atoms with Crippen molar-refractivity contribution in [3.8, 4) is 0 Å². The maximum Gasteiger partial charge on any atom is 0.113 e. The highest BCUT2D eigenvalue weighted by atomic mass is 19.1. The van der Waals surface area contributed by atoms with Gasteiger partial charge >= 0.3 is 0 Å². The van der Waals surface area contributed by atoms with Crippen molar-refractivity contribution in [2.45, 2.75) is 44.8 Å². The van der Waals surface area contributed by atoms with Crippen LogP contribution >= 0.6 is 0 Å². The lowest BCUT2D eigenvalue weighted by Crippen LogP contribution is -2.57. The molecule has 1 aliphatic carbocycles. The summed E-state index contributed by atoms with van der Waals surface area (Å²) >= 11 is 0. The molecular formula is C12H22FNO. The van der Waals surface area contributed by atoms with Crippen LogP contribution in [0, 0.1) is 5.92 Å². The molecule has 0 aromatic rings. The third kappa shape index (κ3) is 2.91. The van der Waals surface area contributed by atoms with Crippen LogP contribution in [0.4, 0.5) is 4.39 Å². The van der Waals surface area contributed by atoms with Gasteiger partial charge in [0.25, 0.3) is 0 Å². The van der Waals surface area contributed by atoms with Crippen LogP contribution in [-0.4, -0.2) is 43.4 Å². The summed E-state index contributed by atoms with van der Waals surface area (Å²) in [5.74, 6) is 0.918. The second-order valence-corrected chi connectivity index (χ2v) is 5.05. The molecule has 2 nitrogen and oxygen atoms in total. The van der Waals surface area contributed by atoms with Gasteiger partial charge in [0.15, 0.2) is 0 Å². The SMILES string of the molecule is CC1CCC(N2CC(OCCF)C2)CC1. The van der Waals surface area contributed by atoms with E-state index in [1.807, 2.05) is 0 Å². The standard InChI is InChI=1S/C12H22FNO/c1-10-2-4-11(5-3-10)14-8-12(9-14)15-7-6-13/h10-12H,2-9H2,1H3. The Labute approximate surface area is 91.8 Å². The molecule has 15 heavy (non-hydrogen) atoms. The summed E-state index contributed by atoms with van der Waals surface area (Å²) in [6.45, 7) is 4.33. The molecule has 1 saturated carbocycles. The number of nitrogens with zero attached hydrogens (tertiary/aromatic N) is 1. The minimum absolute atomic E-state index is 0.278. The van der Waals surface area contributed by atoms with Crippen LogP contribution in [0.2, 0.25) is 0 Å². The van der Waals surface area contributed by atoms with E-state index in [0.29, 0.717) is 6.10 Å². The Morgan fingerprint density at radius 3 is 2.47 bits per heavy atom. The van der Waals surface area contributed by atoms with E-state index < -0.39 is 0 Å². The van der Waals surface area contributed by atoms with Crippen molar-refractivity contribution in [1.29, 1.82) is 0 Å². The van der Waals surface area contributed by atoms with Gasteiger partial charge in [-0.1, -0.05) is 6.92 Å². The molecule has 88 valence electrons. The maximum atomic E-state index is 11.9. The zero-order valence-corrected chi connectivity index (χ0v) is 9.62.